The second-order valence-corrected chi connectivity index (χ2v) is 6.24. The van der Waals surface area contributed by atoms with Crippen molar-refractivity contribution in [3.8, 4) is 5.75 Å². The Kier molecular flexibility index (Phi) is 4.76. The summed E-state index contributed by atoms with van der Waals surface area (Å²) < 4.78 is 7.70. The maximum Gasteiger partial charge on any atom is 0.148 e. The van der Waals surface area contributed by atoms with E-state index in [1.807, 2.05) is 16.7 Å². The molecule has 4 nitrogen and oxygen atoms in total. The van der Waals surface area contributed by atoms with Crippen LogP contribution in [0.1, 0.15) is 12.7 Å². The lowest BCUT2D eigenvalue weighted by molar-refractivity contribution is 0.171. The van der Waals surface area contributed by atoms with Gasteiger partial charge in [-0.15, -0.1) is 0 Å². The molecular weight excluding hydrogens is 335 g/mol. The van der Waals surface area contributed by atoms with Crippen LogP contribution in [0.5, 0.6) is 5.75 Å². The molecule has 3 rings (SSSR count). The molecule has 1 N–H and O–H groups in total. The predicted molar refractivity (Wildman–Crippen MR) is 92.2 cm³/mol. The first-order valence-corrected chi connectivity index (χ1v) is 7.99. The van der Waals surface area contributed by atoms with Crippen LogP contribution in [0.3, 0.4) is 0 Å². The smallest absolute Gasteiger partial charge is 0.148 e. The summed E-state index contributed by atoms with van der Waals surface area (Å²) in [4.78, 5) is 4.58. The Morgan fingerprint density at radius 1 is 1.13 bits per heavy atom. The number of hydrogen-bond acceptors (Lipinski definition) is 3. The van der Waals surface area contributed by atoms with Gasteiger partial charge in [0.25, 0.3) is 0 Å². The highest BCUT2D eigenvalue weighted by atomic mass is 35.5. The molecule has 0 amide bonds. The van der Waals surface area contributed by atoms with E-state index in [9.17, 15) is 5.11 Å². The van der Waals surface area contributed by atoms with Crippen molar-refractivity contribution in [2.75, 3.05) is 0 Å². The third-order valence-electron chi connectivity index (χ3n) is 3.42. The number of hydrogen-bond donors (Lipinski definition) is 1. The summed E-state index contributed by atoms with van der Waals surface area (Å²) in [7, 11) is 0. The van der Waals surface area contributed by atoms with Crippen molar-refractivity contribution in [3.05, 3.63) is 58.3 Å². The molecule has 1 heterocycles. The number of halogens is 2. The fourth-order valence-corrected chi connectivity index (χ4v) is 2.69. The number of nitrogens with zero attached hydrogens (tertiary/aromatic N) is 2. The van der Waals surface area contributed by atoms with Crippen LogP contribution >= 0.6 is 23.2 Å². The number of fused-ring (bicyclic) bond motifs is 1. The highest BCUT2D eigenvalue weighted by Crippen LogP contribution is 2.23. The van der Waals surface area contributed by atoms with Crippen LogP contribution in [0, 0.1) is 0 Å². The van der Waals surface area contributed by atoms with Gasteiger partial charge in [0.1, 0.15) is 18.2 Å². The molecule has 3 aromatic rings. The van der Waals surface area contributed by atoms with Crippen LogP contribution in [0.2, 0.25) is 10.0 Å². The minimum absolute atomic E-state index is 0.292. The summed E-state index contributed by atoms with van der Waals surface area (Å²) in [6.07, 6.45) is -0.499. The number of aliphatic hydroxyl groups is 1. The summed E-state index contributed by atoms with van der Waals surface area (Å²) in [5, 5.41) is 11.1. The van der Waals surface area contributed by atoms with E-state index in [2.05, 4.69) is 4.98 Å². The van der Waals surface area contributed by atoms with Gasteiger partial charge in [-0.25, -0.2) is 4.98 Å². The third-order valence-corrected chi connectivity index (χ3v) is 3.90. The van der Waals surface area contributed by atoms with Gasteiger partial charge in [-0.1, -0.05) is 23.2 Å². The molecule has 0 saturated carbocycles. The molecule has 0 aliphatic rings. The van der Waals surface area contributed by atoms with Crippen molar-refractivity contribution >= 4 is 34.2 Å². The Morgan fingerprint density at radius 3 is 2.52 bits per heavy atom. The van der Waals surface area contributed by atoms with Crippen molar-refractivity contribution in [1.29, 1.82) is 0 Å². The minimum Gasteiger partial charge on any atom is -0.486 e. The minimum atomic E-state index is -0.499. The molecular formula is C17H16Cl2N2O2. The van der Waals surface area contributed by atoms with E-state index in [1.54, 1.807) is 37.3 Å². The van der Waals surface area contributed by atoms with Crippen LogP contribution in [-0.2, 0) is 13.2 Å². The first-order valence-electron chi connectivity index (χ1n) is 7.24. The summed E-state index contributed by atoms with van der Waals surface area (Å²) in [5.41, 5.74) is 1.71. The average Bonchev–Trinajstić information content (AvgIpc) is 2.84. The van der Waals surface area contributed by atoms with Crippen LogP contribution in [0.4, 0.5) is 0 Å². The Balaban J connectivity index is 1.90. The topological polar surface area (TPSA) is 47.3 Å². The normalized spacial score (nSPS) is 12.5. The molecule has 0 spiro atoms. The van der Waals surface area contributed by atoms with Crippen LogP contribution < -0.4 is 4.74 Å². The first-order chi connectivity index (χ1) is 11.0. The van der Waals surface area contributed by atoms with Crippen LogP contribution in [-0.4, -0.2) is 20.8 Å². The molecule has 0 aliphatic heterocycles. The van der Waals surface area contributed by atoms with Gasteiger partial charge in [0.15, 0.2) is 0 Å². The molecule has 0 fully saturated rings. The van der Waals surface area contributed by atoms with E-state index in [4.69, 9.17) is 27.9 Å². The van der Waals surface area contributed by atoms with Crippen molar-refractivity contribution < 1.29 is 9.84 Å². The highest BCUT2D eigenvalue weighted by Gasteiger charge is 2.13. The van der Waals surface area contributed by atoms with Gasteiger partial charge in [-0.2, -0.15) is 0 Å². The fraction of sp³-hybridized carbons (Fsp3) is 0.235. The monoisotopic (exact) mass is 350 g/mol. The van der Waals surface area contributed by atoms with Crippen LogP contribution in [0.15, 0.2) is 42.5 Å². The molecule has 0 bridgehead atoms. The average molecular weight is 351 g/mol. The first kappa shape index (κ1) is 16.1. The Labute approximate surface area is 144 Å². The van der Waals surface area contributed by atoms with Crippen molar-refractivity contribution in [2.24, 2.45) is 0 Å². The number of rotatable bonds is 5. The van der Waals surface area contributed by atoms with Crippen LogP contribution in [0.25, 0.3) is 11.0 Å². The predicted octanol–water partition coefficient (Wildman–Crippen LogP) is 4.30. The molecule has 2 aromatic carbocycles. The molecule has 1 aromatic heterocycles. The van der Waals surface area contributed by atoms with E-state index in [0.717, 1.165) is 16.9 Å². The lowest BCUT2D eigenvalue weighted by Gasteiger charge is -2.12. The van der Waals surface area contributed by atoms with Gasteiger partial charge in [0.05, 0.1) is 23.7 Å². The molecule has 0 saturated heterocycles. The summed E-state index contributed by atoms with van der Waals surface area (Å²) >= 11 is 11.9. The van der Waals surface area contributed by atoms with Gasteiger partial charge < -0.3 is 14.4 Å². The zero-order chi connectivity index (χ0) is 16.4. The SMILES string of the molecule is CC(O)Cn1c(COc2ccc(Cl)cc2)nc2ccc(Cl)cc21. The summed E-state index contributed by atoms with van der Waals surface area (Å²) in [5.74, 6) is 1.45. The summed E-state index contributed by atoms with van der Waals surface area (Å²) in [6.45, 7) is 2.46. The highest BCUT2D eigenvalue weighted by molar-refractivity contribution is 6.31. The zero-order valence-electron chi connectivity index (χ0n) is 12.5. The second-order valence-electron chi connectivity index (χ2n) is 5.36. The molecule has 23 heavy (non-hydrogen) atoms. The summed E-state index contributed by atoms with van der Waals surface area (Å²) in [6, 6.07) is 12.7. The van der Waals surface area contributed by atoms with Gasteiger partial charge in [0.2, 0.25) is 0 Å². The number of aliphatic hydroxyl groups excluding tert-OH is 1. The van der Waals surface area contributed by atoms with E-state index in [1.165, 1.54) is 0 Å². The van der Waals surface area contributed by atoms with Gasteiger partial charge >= 0.3 is 0 Å². The quantitative estimate of drug-likeness (QED) is 0.745. The van der Waals surface area contributed by atoms with E-state index < -0.39 is 6.10 Å². The molecule has 120 valence electrons. The van der Waals surface area contributed by atoms with Crippen molar-refractivity contribution in [1.82, 2.24) is 9.55 Å². The Morgan fingerprint density at radius 2 is 1.83 bits per heavy atom. The Hall–Kier alpha value is -1.75. The molecule has 0 aliphatic carbocycles. The number of aromatic nitrogens is 2. The molecule has 1 atom stereocenters. The number of ether oxygens (including phenoxy) is 1. The Bertz CT molecular complexity index is 813. The standard InChI is InChI=1S/C17H16Cl2N2O2/c1-11(22)9-21-16-8-13(19)4-7-15(16)20-17(21)10-23-14-5-2-12(18)3-6-14/h2-8,11,22H,9-10H2,1H3. The second kappa shape index (κ2) is 6.79. The largest absolute Gasteiger partial charge is 0.486 e. The zero-order valence-corrected chi connectivity index (χ0v) is 14.1. The molecule has 6 heteroatoms. The van der Waals surface area contributed by atoms with Gasteiger partial charge in [-0.05, 0) is 49.4 Å². The molecule has 1 unspecified atom stereocenters. The van der Waals surface area contributed by atoms with Crippen molar-refractivity contribution in [2.45, 2.75) is 26.2 Å². The number of imidazole rings is 1. The lowest BCUT2D eigenvalue weighted by atomic mass is 10.3. The lowest BCUT2D eigenvalue weighted by Crippen LogP contribution is -2.15. The van der Waals surface area contributed by atoms with Gasteiger partial charge in [0, 0.05) is 10.0 Å². The third kappa shape index (κ3) is 3.78. The van der Waals surface area contributed by atoms with E-state index in [0.29, 0.717) is 28.9 Å². The molecule has 0 radical (unpaired) electrons. The van der Waals surface area contributed by atoms with E-state index in [-0.39, 0.29) is 0 Å². The fourth-order valence-electron chi connectivity index (χ4n) is 2.40. The number of benzene rings is 2. The van der Waals surface area contributed by atoms with E-state index >= 15 is 0 Å². The maximum atomic E-state index is 9.76. The van der Waals surface area contributed by atoms with Crippen molar-refractivity contribution in [3.63, 3.8) is 0 Å². The van der Waals surface area contributed by atoms with Gasteiger partial charge in [-0.3, -0.25) is 0 Å². The maximum absolute atomic E-state index is 9.76.